The predicted molar refractivity (Wildman–Crippen MR) is 79.8 cm³/mol. The summed E-state index contributed by atoms with van der Waals surface area (Å²) in [5, 5.41) is 8.98. The molecule has 0 bridgehead atoms. The number of carboxylic acids is 1. The first kappa shape index (κ1) is 18.6. The molecule has 0 spiro atoms. The summed E-state index contributed by atoms with van der Waals surface area (Å²) < 4.78 is 0. The minimum absolute atomic E-state index is 0. The summed E-state index contributed by atoms with van der Waals surface area (Å²) in [7, 11) is 0. The number of carboxylic acid groups (broad SMARTS) is 1. The van der Waals surface area contributed by atoms with Crippen molar-refractivity contribution in [1.82, 2.24) is 0 Å². The molecule has 0 aliphatic rings. The van der Waals surface area contributed by atoms with E-state index in [1.807, 2.05) is 30.3 Å². The van der Waals surface area contributed by atoms with Crippen LogP contribution in [-0.4, -0.2) is 29.4 Å². The molecule has 0 aliphatic heterocycles. The second kappa shape index (κ2) is 9.47. The molecule has 0 aromatic heterocycles. The number of benzene rings is 1. The Labute approximate surface area is 124 Å². The van der Waals surface area contributed by atoms with Gasteiger partial charge < -0.3 is 16.6 Å². The van der Waals surface area contributed by atoms with Crippen molar-refractivity contribution in [2.45, 2.75) is 25.3 Å². The zero-order chi connectivity index (χ0) is 14.3. The Morgan fingerprint density at radius 2 is 1.80 bits per heavy atom. The Kier molecular flexibility index (Phi) is 8.79. The zero-order valence-electron chi connectivity index (χ0n) is 11.2. The van der Waals surface area contributed by atoms with Crippen LogP contribution < -0.4 is 11.5 Å². The van der Waals surface area contributed by atoms with Crippen LogP contribution >= 0.6 is 12.4 Å². The van der Waals surface area contributed by atoms with Gasteiger partial charge in [0.05, 0.1) is 12.0 Å². The van der Waals surface area contributed by atoms with Gasteiger partial charge in [-0.1, -0.05) is 30.3 Å². The summed E-state index contributed by atoms with van der Waals surface area (Å²) in [6, 6.07) is 8.76. The Morgan fingerprint density at radius 3 is 2.30 bits per heavy atom. The zero-order valence-corrected chi connectivity index (χ0v) is 12.0. The van der Waals surface area contributed by atoms with E-state index in [2.05, 4.69) is 0 Å². The monoisotopic (exact) mass is 300 g/mol. The number of ketones is 1. The van der Waals surface area contributed by atoms with Crippen molar-refractivity contribution in [3.05, 3.63) is 35.9 Å². The molecule has 2 atom stereocenters. The molecule has 0 fully saturated rings. The maximum atomic E-state index is 11.9. The minimum atomic E-state index is -0.995. The Balaban J connectivity index is 0.00000361. The van der Waals surface area contributed by atoms with Crippen molar-refractivity contribution in [2.75, 3.05) is 6.54 Å². The van der Waals surface area contributed by atoms with Crippen molar-refractivity contribution in [3.8, 4) is 0 Å². The SMILES string of the molecule is Cl.NCCC(CC(=O)C(N)Cc1ccccc1)C(=O)O. The lowest BCUT2D eigenvalue weighted by molar-refractivity contribution is -0.144. The number of aliphatic carboxylic acids is 1. The van der Waals surface area contributed by atoms with Gasteiger partial charge in [0.25, 0.3) is 0 Å². The predicted octanol–water partition coefficient (Wildman–Crippen LogP) is 0.987. The molecule has 20 heavy (non-hydrogen) atoms. The van der Waals surface area contributed by atoms with Crippen LogP contribution in [0.1, 0.15) is 18.4 Å². The summed E-state index contributed by atoms with van der Waals surface area (Å²) in [5.41, 5.74) is 12.1. The third-order valence-electron chi connectivity index (χ3n) is 3.02. The highest BCUT2D eigenvalue weighted by Crippen LogP contribution is 2.12. The Bertz CT molecular complexity index is 426. The summed E-state index contributed by atoms with van der Waals surface area (Å²) in [4.78, 5) is 22.9. The highest BCUT2D eigenvalue weighted by Gasteiger charge is 2.23. The van der Waals surface area contributed by atoms with E-state index in [9.17, 15) is 9.59 Å². The fourth-order valence-corrected chi connectivity index (χ4v) is 1.89. The molecule has 5 nitrogen and oxygen atoms in total. The van der Waals surface area contributed by atoms with Crippen molar-refractivity contribution in [2.24, 2.45) is 17.4 Å². The second-order valence-electron chi connectivity index (χ2n) is 4.58. The quantitative estimate of drug-likeness (QED) is 0.663. The van der Waals surface area contributed by atoms with Gasteiger partial charge in [-0.25, -0.2) is 0 Å². The number of hydrogen-bond acceptors (Lipinski definition) is 4. The first-order valence-corrected chi connectivity index (χ1v) is 6.29. The van der Waals surface area contributed by atoms with E-state index in [4.69, 9.17) is 16.6 Å². The van der Waals surface area contributed by atoms with E-state index in [1.54, 1.807) is 0 Å². The van der Waals surface area contributed by atoms with Gasteiger partial charge in [0, 0.05) is 6.42 Å². The third kappa shape index (κ3) is 6.14. The van der Waals surface area contributed by atoms with Crippen LogP contribution in [-0.2, 0) is 16.0 Å². The molecule has 2 unspecified atom stereocenters. The largest absolute Gasteiger partial charge is 0.481 e. The number of halogens is 1. The van der Waals surface area contributed by atoms with Crippen LogP contribution in [0.4, 0.5) is 0 Å². The molecular formula is C14H21ClN2O3. The average Bonchev–Trinajstić information content (AvgIpc) is 2.39. The number of carbonyl (C=O) groups excluding carboxylic acids is 1. The maximum absolute atomic E-state index is 11.9. The van der Waals surface area contributed by atoms with Crippen LogP contribution in [0.2, 0.25) is 0 Å². The molecule has 112 valence electrons. The molecule has 0 saturated heterocycles. The normalized spacial score (nSPS) is 13.1. The number of nitrogens with two attached hydrogens (primary N) is 2. The van der Waals surface area contributed by atoms with Gasteiger partial charge >= 0.3 is 5.97 Å². The van der Waals surface area contributed by atoms with Gasteiger partial charge in [-0.2, -0.15) is 0 Å². The molecule has 0 heterocycles. The molecular weight excluding hydrogens is 280 g/mol. The molecule has 6 heteroatoms. The summed E-state index contributed by atoms with van der Waals surface area (Å²) in [5.74, 6) is -1.96. The molecule has 1 aromatic rings. The van der Waals surface area contributed by atoms with Gasteiger partial charge in [-0.15, -0.1) is 12.4 Å². The minimum Gasteiger partial charge on any atom is -0.481 e. The molecule has 0 saturated carbocycles. The fourth-order valence-electron chi connectivity index (χ4n) is 1.89. The molecule has 0 radical (unpaired) electrons. The van der Waals surface area contributed by atoms with E-state index in [-0.39, 0.29) is 31.2 Å². The number of hydrogen-bond donors (Lipinski definition) is 3. The van der Waals surface area contributed by atoms with Crippen molar-refractivity contribution < 1.29 is 14.7 Å². The lowest BCUT2D eigenvalue weighted by atomic mass is 9.93. The Morgan fingerprint density at radius 1 is 1.20 bits per heavy atom. The fraction of sp³-hybridized carbons (Fsp3) is 0.429. The van der Waals surface area contributed by atoms with E-state index < -0.39 is 17.9 Å². The van der Waals surface area contributed by atoms with Gasteiger partial charge in [0.15, 0.2) is 5.78 Å². The lowest BCUT2D eigenvalue weighted by Gasteiger charge is -2.14. The first-order valence-electron chi connectivity index (χ1n) is 6.29. The Hall–Kier alpha value is -1.43. The van der Waals surface area contributed by atoms with Gasteiger partial charge in [-0.05, 0) is 24.9 Å². The van der Waals surface area contributed by atoms with Gasteiger partial charge in [0.2, 0.25) is 0 Å². The molecule has 0 amide bonds. The molecule has 1 aromatic carbocycles. The van der Waals surface area contributed by atoms with Crippen molar-refractivity contribution in [1.29, 1.82) is 0 Å². The molecule has 1 rings (SSSR count). The number of carbonyl (C=O) groups is 2. The summed E-state index contributed by atoms with van der Waals surface area (Å²) >= 11 is 0. The average molecular weight is 301 g/mol. The summed E-state index contributed by atoms with van der Waals surface area (Å²) in [6.45, 7) is 0.248. The van der Waals surface area contributed by atoms with Gasteiger partial charge in [0.1, 0.15) is 0 Å². The topological polar surface area (TPSA) is 106 Å². The smallest absolute Gasteiger partial charge is 0.306 e. The van der Waals surface area contributed by atoms with E-state index in [1.165, 1.54) is 0 Å². The summed E-state index contributed by atoms with van der Waals surface area (Å²) in [6.07, 6.45) is 0.661. The van der Waals surface area contributed by atoms with Gasteiger partial charge in [-0.3, -0.25) is 9.59 Å². The number of Topliss-reactive ketones (excluding diaryl/α,β-unsaturated/α-hetero) is 1. The lowest BCUT2D eigenvalue weighted by Crippen LogP contribution is -2.35. The number of rotatable bonds is 8. The molecule has 0 aliphatic carbocycles. The van der Waals surface area contributed by atoms with E-state index in [0.29, 0.717) is 12.8 Å². The first-order chi connectivity index (χ1) is 9.04. The second-order valence-corrected chi connectivity index (χ2v) is 4.58. The van der Waals surface area contributed by atoms with Crippen LogP contribution in [0.25, 0.3) is 0 Å². The standard InChI is InChI=1S/C14H20N2O3.ClH/c15-7-6-11(14(18)19)9-13(17)12(16)8-10-4-2-1-3-5-10;/h1-5,11-12H,6-9,15-16H2,(H,18,19);1H. The molecule has 5 N–H and O–H groups in total. The van der Waals surface area contributed by atoms with Crippen LogP contribution in [0, 0.1) is 5.92 Å². The van der Waals surface area contributed by atoms with E-state index >= 15 is 0 Å². The van der Waals surface area contributed by atoms with E-state index in [0.717, 1.165) is 5.56 Å². The van der Waals surface area contributed by atoms with Crippen molar-refractivity contribution in [3.63, 3.8) is 0 Å². The van der Waals surface area contributed by atoms with Crippen LogP contribution in [0.3, 0.4) is 0 Å². The van der Waals surface area contributed by atoms with Crippen molar-refractivity contribution >= 4 is 24.2 Å². The van der Waals surface area contributed by atoms with Crippen LogP contribution in [0.15, 0.2) is 30.3 Å². The highest BCUT2D eigenvalue weighted by atomic mass is 35.5. The third-order valence-corrected chi connectivity index (χ3v) is 3.02. The highest BCUT2D eigenvalue weighted by molar-refractivity contribution is 5.87. The van der Waals surface area contributed by atoms with Crippen LogP contribution in [0.5, 0.6) is 0 Å². The maximum Gasteiger partial charge on any atom is 0.306 e.